The number of carbonyl (C=O) groups excluding carboxylic acids is 3. The van der Waals surface area contributed by atoms with Crippen molar-refractivity contribution in [3.63, 3.8) is 0 Å². The number of esters is 2. The molecule has 0 saturated heterocycles. The van der Waals surface area contributed by atoms with Gasteiger partial charge in [0.15, 0.2) is 12.4 Å². The monoisotopic (exact) mass is 1150 g/mol. The number of carbonyl (C=O) groups is 3. The number of carboxylic acids is 1. The van der Waals surface area contributed by atoms with Crippen LogP contribution in [0.25, 0.3) is 0 Å². The van der Waals surface area contributed by atoms with Gasteiger partial charge in [0.05, 0.1) is 40.3 Å². The molecule has 0 amide bonds. The molecule has 0 aliphatic heterocycles. The lowest BCUT2D eigenvalue weighted by molar-refractivity contribution is -0.870. The first-order valence-corrected chi connectivity index (χ1v) is 36.2. The van der Waals surface area contributed by atoms with Crippen LogP contribution in [-0.2, 0) is 33.3 Å². The Hall–Kier alpha value is -1.71. The lowest BCUT2D eigenvalue weighted by atomic mass is 10.0. The zero-order chi connectivity index (χ0) is 59.1. The zero-order valence-electron chi connectivity index (χ0n) is 55.2. The predicted octanol–water partition coefficient (Wildman–Crippen LogP) is 20.9. The van der Waals surface area contributed by atoms with E-state index in [1.54, 1.807) is 0 Å². The van der Waals surface area contributed by atoms with Crippen LogP contribution in [0.2, 0.25) is 0 Å². The van der Waals surface area contributed by atoms with E-state index in [0.717, 1.165) is 38.5 Å². The van der Waals surface area contributed by atoms with Gasteiger partial charge in [0.25, 0.3) is 0 Å². The van der Waals surface area contributed by atoms with Gasteiger partial charge in [-0.2, -0.15) is 0 Å². The summed E-state index contributed by atoms with van der Waals surface area (Å²) < 4.78 is 22.8. The normalized spacial score (nSPS) is 12.6. The van der Waals surface area contributed by atoms with Crippen molar-refractivity contribution in [3.8, 4) is 0 Å². The Morgan fingerprint density at radius 3 is 0.790 bits per heavy atom. The largest absolute Gasteiger partial charge is 0.545 e. The summed E-state index contributed by atoms with van der Waals surface area (Å²) in [7, 11) is 5.95. The van der Waals surface area contributed by atoms with Crippen molar-refractivity contribution in [2.75, 3.05) is 47.5 Å². The number of aliphatic carboxylic acids is 1. The van der Waals surface area contributed by atoms with Gasteiger partial charge >= 0.3 is 11.9 Å². The molecule has 0 aliphatic carbocycles. The smallest absolute Gasteiger partial charge is 0.306 e. The first-order chi connectivity index (χ1) is 39.6. The lowest BCUT2D eigenvalue weighted by Gasteiger charge is -2.26. The Labute approximate surface area is 504 Å². The van der Waals surface area contributed by atoms with Gasteiger partial charge in [-0.3, -0.25) is 9.59 Å². The fraction of sp³-hybridized carbons (Fsp3) is 0.958. The highest BCUT2D eigenvalue weighted by atomic mass is 16.7. The second-order valence-corrected chi connectivity index (χ2v) is 26.3. The second kappa shape index (κ2) is 64.3. The summed E-state index contributed by atoms with van der Waals surface area (Å²) in [6, 6.07) is 0. The molecule has 0 spiro atoms. The minimum atomic E-state index is -1.62. The molecule has 0 saturated carbocycles. The molecule has 0 aromatic heterocycles. The molecule has 0 N–H and O–H groups in total. The molecule has 9 nitrogen and oxygen atoms in total. The average molecular weight is 1150 g/mol. The molecular weight excluding hydrogens is 1010 g/mol. The quantitative estimate of drug-likeness (QED) is 0.0256. The Morgan fingerprint density at radius 1 is 0.321 bits per heavy atom. The molecule has 0 heterocycles. The molecule has 482 valence electrons. The van der Waals surface area contributed by atoms with E-state index in [2.05, 4.69) is 13.8 Å². The number of hydrogen-bond donors (Lipinski definition) is 0. The molecular formula is C72H141NO8. The number of ether oxygens (including phenoxy) is 4. The Bertz CT molecular complexity index is 1290. The minimum Gasteiger partial charge on any atom is -0.545 e. The average Bonchev–Trinajstić information content (AvgIpc) is 3.44. The van der Waals surface area contributed by atoms with Crippen molar-refractivity contribution in [2.45, 2.75) is 399 Å². The van der Waals surface area contributed by atoms with Crippen molar-refractivity contribution < 1.29 is 42.9 Å². The van der Waals surface area contributed by atoms with Crippen LogP contribution in [0.3, 0.4) is 0 Å². The number of quaternary nitrogens is 1. The molecule has 0 bridgehead atoms. The maximum Gasteiger partial charge on any atom is 0.306 e. The van der Waals surface area contributed by atoms with Crippen LogP contribution < -0.4 is 5.11 Å². The topological polar surface area (TPSA) is 111 Å². The molecule has 0 fully saturated rings. The number of nitrogens with zero attached hydrogens (tertiary/aromatic N) is 1. The number of hydrogen-bond acceptors (Lipinski definition) is 8. The summed E-state index contributed by atoms with van der Waals surface area (Å²) in [5, 5.41) is 11.8. The third-order valence-electron chi connectivity index (χ3n) is 16.9. The molecule has 0 radical (unpaired) electrons. The summed E-state index contributed by atoms with van der Waals surface area (Å²) in [4.78, 5) is 37.5. The van der Waals surface area contributed by atoms with Crippen LogP contribution in [0.15, 0.2) is 0 Å². The highest BCUT2D eigenvalue weighted by Crippen LogP contribution is 2.20. The number of likely N-dealkylation sites (N-methyl/N-ethyl adjacent to an activating group) is 1. The first-order valence-electron chi connectivity index (χ1n) is 36.2. The molecule has 0 aromatic rings. The maximum atomic E-state index is 12.9. The summed E-state index contributed by atoms with van der Waals surface area (Å²) in [5.41, 5.74) is 0. The molecule has 0 aromatic carbocycles. The van der Waals surface area contributed by atoms with E-state index < -0.39 is 24.3 Å². The van der Waals surface area contributed by atoms with Crippen molar-refractivity contribution in [1.29, 1.82) is 0 Å². The zero-order valence-corrected chi connectivity index (χ0v) is 55.2. The third-order valence-corrected chi connectivity index (χ3v) is 16.9. The highest BCUT2D eigenvalue weighted by molar-refractivity contribution is 5.70. The van der Waals surface area contributed by atoms with E-state index in [0.29, 0.717) is 17.4 Å². The van der Waals surface area contributed by atoms with E-state index >= 15 is 0 Å². The maximum absolute atomic E-state index is 12.9. The third kappa shape index (κ3) is 65.7. The molecule has 9 heteroatoms. The van der Waals surface area contributed by atoms with Gasteiger partial charge in [-0.05, 0) is 12.8 Å². The number of unbranched alkanes of at least 4 members (excludes halogenated alkanes) is 54. The van der Waals surface area contributed by atoms with Gasteiger partial charge < -0.3 is 33.3 Å². The first kappa shape index (κ1) is 79.3. The molecule has 2 unspecified atom stereocenters. The number of carboxylic acid groups (broad SMARTS) is 1. The Balaban J connectivity index is 4.02. The van der Waals surface area contributed by atoms with Gasteiger partial charge in [0.2, 0.25) is 0 Å². The van der Waals surface area contributed by atoms with Crippen molar-refractivity contribution in [2.24, 2.45) is 0 Å². The van der Waals surface area contributed by atoms with E-state index in [1.807, 2.05) is 21.1 Å². The summed E-state index contributed by atoms with van der Waals surface area (Å²) in [6.07, 6.45) is 73.4. The van der Waals surface area contributed by atoms with E-state index in [1.165, 1.54) is 321 Å². The predicted molar refractivity (Wildman–Crippen MR) is 344 cm³/mol. The fourth-order valence-electron chi connectivity index (χ4n) is 11.3. The second-order valence-electron chi connectivity index (χ2n) is 26.3. The minimum absolute atomic E-state index is 0.154. The van der Waals surface area contributed by atoms with Crippen molar-refractivity contribution >= 4 is 17.9 Å². The molecule has 2 atom stereocenters. The Kier molecular flexibility index (Phi) is 62.9. The number of rotatable bonds is 69. The van der Waals surface area contributed by atoms with Gasteiger partial charge in [-0.15, -0.1) is 0 Å². The van der Waals surface area contributed by atoms with E-state index in [-0.39, 0.29) is 32.2 Å². The fourth-order valence-corrected chi connectivity index (χ4v) is 11.3. The van der Waals surface area contributed by atoms with Gasteiger partial charge in [0, 0.05) is 12.8 Å². The summed E-state index contributed by atoms with van der Waals surface area (Å²) >= 11 is 0. The molecule has 0 aliphatic rings. The van der Waals surface area contributed by atoms with Crippen LogP contribution >= 0.6 is 0 Å². The summed E-state index contributed by atoms with van der Waals surface area (Å²) in [5.74, 6) is -2.24. The Morgan fingerprint density at radius 2 is 0.556 bits per heavy atom. The molecule has 81 heavy (non-hydrogen) atoms. The van der Waals surface area contributed by atoms with Crippen molar-refractivity contribution in [3.05, 3.63) is 0 Å². The van der Waals surface area contributed by atoms with Gasteiger partial charge in [-0.1, -0.05) is 361 Å². The van der Waals surface area contributed by atoms with Crippen LogP contribution in [-0.4, -0.2) is 82.3 Å². The van der Waals surface area contributed by atoms with Gasteiger partial charge in [0.1, 0.15) is 13.2 Å². The molecule has 0 rings (SSSR count). The van der Waals surface area contributed by atoms with Gasteiger partial charge in [-0.25, -0.2) is 0 Å². The summed E-state index contributed by atoms with van der Waals surface area (Å²) in [6.45, 7) is 4.85. The van der Waals surface area contributed by atoms with E-state index in [9.17, 15) is 19.5 Å². The van der Waals surface area contributed by atoms with Crippen molar-refractivity contribution in [1.82, 2.24) is 0 Å². The lowest BCUT2D eigenvalue weighted by Crippen LogP contribution is -2.44. The van der Waals surface area contributed by atoms with E-state index in [4.69, 9.17) is 18.9 Å². The van der Waals surface area contributed by atoms with Crippen LogP contribution in [0.5, 0.6) is 0 Å². The highest BCUT2D eigenvalue weighted by Gasteiger charge is 2.22. The standard InChI is InChI=1S/C72H141NO8/c1-6-8-10-12-14-16-18-20-22-24-26-28-30-32-34-35-36-37-39-41-43-45-47-49-51-53-55-57-59-61-63-70(75)81-68(67-80-72(71(76)77)78-65-64-73(3,4)5)66-79-69(74)62-60-58-56-54-52-50-48-46-44-42-40-38-33-31-29-27-25-23-21-19-17-15-13-11-9-7-2/h68,72H,6-67H2,1-5H3. The van der Waals surface area contributed by atoms with Crippen LogP contribution in [0.4, 0.5) is 0 Å². The van der Waals surface area contributed by atoms with Crippen LogP contribution in [0, 0.1) is 0 Å². The van der Waals surface area contributed by atoms with Crippen LogP contribution in [0.1, 0.15) is 386 Å². The SMILES string of the molecule is CCCCCCCCCCCCCCCCCCCCCCCCCCCCCCCCC(=O)OC(COC(=O)CCCCCCCCCCCCCCCCCCCCCCCCCCCC)COC(OCC[N+](C)(C)C)C(=O)[O-].